The number of nitrogens with one attached hydrogen (secondary N) is 3. The number of hydrogen-bond acceptors (Lipinski definition) is 7. The number of fused-ring (bicyclic) bond motifs is 1. The number of alkyl carbamates (subject to hydrolysis) is 1. The summed E-state index contributed by atoms with van der Waals surface area (Å²) in [5.41, 5.74) is 0.609. The monoisotopic (exact) mass is 440 g/mol. The van der Waals surface area contributed by atoms with Crippen molar-refractivity contribution in [2.45, 2.75) is 32.0 Å². The van der Waals surface area contributed by atoms with Gasteiger partial charge in [0.05, 0.1) is 24.5 Å². The van der Waals surface area contributed by atoms with Crippen LogP contribution in [-0.4, -0.2) is 69.5 Å². The summed E-state index contributed by atoms with van der Waals surface area (Å²) < 4.78 is 27.8. The minimum absolute atomic E-state index is 0.300. The van der Waals surface area contributed by atoms with E-state index in [0.717, 1.165) is 13.4 Å². The predicted molar refractivity (Wildman–Crippen MR) is 109 cm³/mol. The van der Waals surface area contributed by atoms with E-state index in [-0.39, 0.29) is 0 Å². The Morgan fingerprint density at radius 1 is 1.27 bits per heavy atom. The molecule has 4 amide bonds. The van der Waals surface area contributed by atoms with Crippen LogP contribution in [0.25, 0.3) is 0 Å². The predicted octanol–water partition coefficient (Wildman–Crippen LogP) is -0.366. The largest absolute Gasteiger partial charge is 0.453 e. The van der Waals surface area contributed by atoms with Crippen LogP contribution in [0, 0.1) is 0 Å². The number of amides is 4. The number of rotatable bonds is 5. The van der Waals surface area contributed by atoms with Gasteiger partial charge in [-0.1, -0.05) is 12.1 Å². The molecular formula is C18H24N4O7S. The Balaban J connectivity index is 2.37. The first-order chi connectivity index (χ1) is 13.9. The number of benzene rings is 1. The van der Waals surface area contributed by atoms with Crippen LogP contribution in [0.3, 0.4) is 0 Å². The maximum atomic E-state index is 12.8. The molecule has 0 fully saturated rings. The minimum Gasteiger partial charge on any atom is -0.453 e. The standard InChI is InChI=1S/C18H24N4O7S/c1-10(19-18(26)29-3)16(24)21-15-11(2)22(14(23)9-30(4,27)28)13-8-6-5-7-12(13)20-17(15)25/h5-8,10-11,15H,9H2,1-4H3,(H,19,26)(H,20,25)(H,21,24)/t10-,11-,15-/m0/s1. The molecule has 30 heavy (non-hydrogen) atoms. The maximum Gasteiger partial charge on any atom is 0.407 e. The molecule has 0 unspecified atom stereocenters. The van der Waals surface area contributed by atoms with E-state index in [2.05, 4.69) is 20.7 Å². The topological polar surface area (TPSA) is 151 Å². The van der Waals surface area contributed by atoms with Crippen molar-refractivity contribution >= 4 is 45.0 Å². The van der Waals surface area contributed by atoms with E-state index < -0.39 is 57.5 Å². The number of carbonyl (C=O) groups excluding carboxylic acids is 4. The Labute approximate surface area is 174 Å². The van der Waals surface area contributed by atoms with Gasteiger partial charge in [0.15, 0.2) is 9.84 Å². The van der Waals surface area contributed by atoms with Crippen LogP contribution in [0.15, 0.2) is 24.3 Å². The molecule has 2 rings (SSSR count). The molecule has 0 spiro atoms. The number of ether oxygens (including phenoxy) is 1. The highest BCUT2D eigenvalue weighted by atomic mass is 32.2. The van der Waals surface area contributed by atoms with Crippen molar-refractivity contribution < 1.29 is 32.3 Å². The average Bonchev–Trinajstić information content (AvgIpc) is 2.74. The SMILES string of the molecule is COC(=O)N[C@@H](C)C(=O)N[C@@H]1C(=O)Nc2ccccc2N(C(=O)CS(C)(=O)=O)[C@H]1C. The molecule has 1 aliphatic heterocycles. The van der Waals surface area contributed by atoms with Gasteiger partial charge in [-0.2, -0.15) is 0 Å². The zero-order chi connectivity index (χ0) is 22.6. The smallest absolute Gasteiger partial charge is 0.407 e. The molecule has 0 saturated carbocycles. The Morgan fingerprint density at radius 3 is 2.50 bits per heavy atom. The number of nitrogens with zero attached hydrogens (tertiary/aromatic N) is 1. The Bertz CT molecular complexity index is 963. The van der Waals surface area contributed by atoms with E-state index in [0.29, 0.717) is 11.4 Å². The summed E-state index contributed by atoms with van der Waals surface area (Å²) >= 11 is 0. The van der Waals surface area contributed by atoms with Gasteiger partial charge in [-0.15, -0.1) is 0 Å². The Hall–Kier alpha value is -3.15. The van der Waals surface area contributed by atoms with Crippen molar-refractivity contribution in [2.24, 2.45) is 0 Å². The average molecular weight is 440 g/mol. The molecule has 1 heterocycles. The summed E-state index contributed by atoms with van der Waals surface area (Å²) in [4.78, 5) is 50.6. The second-order valence-electron chi connectivity index (χ2n) is 6.92. The van der Waals surface area contributed by atoms with Crippen LogP contribution in [0.1, 0.15) is 13.8 Å². The fourth-order valence-corrected chi connectivity index (χ4v) is 3.60. The Morgan fingerprint density at radius 2 is 1.90 bits per heavy atom. The van der Waals surface area contributed by atoms with Crippen LogP contribution >= 0.6 is 0 Å². The molecule has 1 aliphatic rings. The van der Waals surface area contributed by atoms with Crippen molar-refractivity contribution in [1.82, 2.24) is 10.6 Å². The third-order valence-corrected chi connectivity index (χ3v) is 5.23. The molecule has 164 valence electrons. The van der Waals surface area contributed by atoms with Crippen LogP contribution in [0.2, 0.25) is 0 Å². The first kappa shape index (κ1) is 23.1. The van der Waals surface area contributed by atoms with Crippen LogP contribution in [0.5, 0.6) is 0 Å². The highest BCUT2D eigenvalue weighted by Gasteiger charge is 2.39. The number of hydrogen-bond donors (Lipinski definition) is 3. The van der Waals surface area contributed by atoms with E-state index in [1.165, 1.54) is 18.7 Å². The zero-order valence-electron chi connectivity index (χ0n) is 17.0. The first-order valence-corrected chi connectivity index (χ1v) is 11.0. The van der Waals surface area contributed by atoms with Gasteiger partial charge in [-0.05, 0) is 26.0 Å². The maximum absolute atomic E-state index is 12.8. The minimum atomic E-state index is -3.64. The summed E-state index contributed by atoms with van der Waals surface area (Å²) in [5.74, 6) is -2.79. The van der Waals surface area contributed by atoms with Crippen molar-refractivity contribution in [3.63, 3.8) is 0 Å². The molecule has 1 aromatic rings. The van der Waals surface area contributed by atoms with Crippen molar-refractivity contribution in [3.8, 4) is 0 Å². The highest BCUT2D eigenvalue weighted by Crippen LogP contribution is 2.31. The molecule has 3 N–H and O–H groups in total. The fourth-order valence-electron chi connectivity index (χ4n) is 3.01. The van der Waals surface area contributed by atoms with E-state index >= 15 is 0 Å². The van der Waals surface area contributed by atoms with E-state index in [1.54, 1.807) is 24.3 Å². The van der Waals surface area contributed by atoms with Crippen LogP contribution in [0.4, 0.5) is 16.2 Å². The molecule has 0 saturated heterocycles. The van der Waals surface area contributed by atoms with E-state index in [4.69, 9.17) is 0 Å². The fraction of sp³-hybridized carbons (Fsp3) is 0.444. The lowest BCUT2D eigenvalue weighted by Gasteiger charge is -2.32. The third-order valence-electron chi connectivity index (χ3n) is 4.46. The van der Waals surface area contributed by atoms with Gasteiger partial charge in [0.25, 0.3) is 0 Å². The molecule has 0 aromatic heterocycles. The summed E-state index contributed by atoms with van der Waals surface area (Å²) in [6.07, 6.45) is 0.107. The van der Waals surface area contributed by atoms with Crippen molar-refractivity contribution in [2.75, 3.05) is 29.3 Å². The zero-order valence-corrected chi connectivity index (χ0v) is 17.8. The lowest BCUT2D eigenvalue weighted by molar-refractivity contribution is -0.128. The van der Waals surface area contributed by atoms with Crippen molar-refractivity contribution in [3.05, 3.63) is 24.3 Å². The van der Waals surface area contributed by atoms with Gasteiger partial charge in [-0.25, -0.2) is 13.2 Å². The van der Waals surface area contributed by atoms with Gasteiger partial charge < -0.3 is 25.6 Å². The number of para-hydroxylation sites is 2. The summed E-state index contributed by atoms with van der Waals surface area (Å²) in [5, 5.41) is 7.42. The second-order valence-corrected chi connectivity index (χ2v) is 9.06. The quantitative estimate of drug-likeness (QED) is 0.565. The van der Waals surface area contributed by atoms with Crippen LogP contribution in [-0.2, 0) is 29.0 Å². The number of sulfone groups is 1. The first-order valence-electron chi connectivity index (χ1n) is 8.99. The summed E-state index contributed by atoms with van der Waals surface area (Å²) in [7, 11) is -2.50. The number of carbonyl (C=O) groups is 4. The number of methoxy groups -OCH3 is 1. The third kappa shape index (κ3) is 5.47. The second kappa shape index (κ2) is 9.11. The molecule has 3 atom stereocenters. The Kier molecular flexibility index (Phi) is 7.03. The molecule has 11 nitrogen and oxygen atoms in total. The van der Waals surface area contributed by atoms with Crippen LogP contribution < -0.4 is 20.9 Å². The molecule has 1 aromatic carbocycles. The van der Waals surface area contributed by atoms with Gasteiger partial charge in [0.1, 0.15) is 17.8 Å². The molecule has 0 radical (unpaired) electrons. The molecule has 12 heteroatoms. The molecule has 0 bridgehead atoms. The molecular weight excluding hydrogens is 416 g/mol. The van der Waals surface area contributed by atoms with E-state index in [1.807, 2.05) is 0 Å². The normalized spacial score (nSPS) is 19.6. The highest BCUT2D eigenvalue weighted by molar-refractivity contribution is 7.91. The van der Waals surface area contributed by atoms with Gasteiger partial charge in [0, 0.05) is 6.26 Å². The molecule has 0 aliphatic carbocycles. The lowest BCUT2D eigenvalue weighted by Crippen LogP contribution is -2.59. The van der Waals surface area contributed by atoms with Gasteiger partial charge in [0.2, 0.25) is 17.7 Å². The summed E-state index contributed by atoms with van der Waals surface area (Å²) in [6.45, 7) is 2.91. The number of anilines is 2. The summed E-state index contributed by atoms with van der Waals surface area (Å²) in [6, 6.07) is 3.25. The van der Waals surface area contributed by atoms with Gasteiger partial charge in [-0.3, -0.25) is 14.4 Å². The van der Waals surface area contributed by atoms with Crippen molar-refractivity contribution in [1.29, 1.82) is 0 Å². The lowest BCUT2D eigenvalue weighted by atomic mass is 10.1. The van der Waals surface area contributed by atoms with E-state index in [9.17, 15) is 27.6 Å². The van der Waals surface area contributed by atoms with Gasteiger partial charge >= 0.3 is 6.09 Å².